The van der Waals surface area contributed by atoms with Gasteiger partial charge in [-0.2, -0.15) is 11.8 Å². The first-order valence-electron chi connectivity index (χ1n) is 8.00. The van der Waals surface area contributed by atoms with E-state index in [4.69, 9.17) is 9.47 Å². The van der Waals surface area contributed by atoms with Crippen molar-refractivity contribution in [2.75, 3.05) is 44.9 Å². The minimum Gasteiger partial charge on any atom is -0.491 e. The smallest absolute Gasteiger partial charge is 0.317 e. The molecule has 1 aromatic rings. The molecule has 1 aliphatic heterocycles. The van der Waals surface area contributed by atoms with Gasteiger partial charge in [0.1, 0.15) is 12.4 Å². The molecule has 0 unspecified atom stereocenters. The maximum Gasteiger partial charge on any atom is 0.317 e. The van der Waals surface area contributed by atoms with Crippen LogP contribution in [-0.2, 0) is 11.3 Å². The van der Waals surface area contributed by atoms with Crippen LogP contribution >= 0.6 is 11.8 Å². The summed E-state index contributed by atoms with van der Waals surface area (Å²) in [5, 5.41) is 3.01. The lowest BCUT2D eigenvalue weighted by Gasteiger charge is -2.22. The third-order valence-electron chi connectivity index (χ3n) is 3.65. The summed E-state index contributed by atoms with van der Waals surface area (Å²) >= 11 is 1.92. The zero-order chi connectivity index (χ0) is 16.5. The molecule has 0 aliphatic carbocycles. The van der Waals surface area contributed by atoms with Crippen molar-refractivity contribution in [2.45, 2.75) is 13.5 Å². The molecule has 0 spiro atoms. The number of nitrogens with one attached hydrogen (secondary N) is 1. The summed E-state index contributed by atoms with van der Waals surface area (Å²) in [6.45, 7) is 5.51. The van der Waals surface area contributed by atoms with Crippen LogP contribution in [0.1, 0.15) is 12.5 Å². The SMILES string of the molecule is COCCOc1ccc(CNC(=O)N2CCSC[C@@H](C)C2)cc1. The molecule has 2 amide bonds. The number of benzene rings is 1. The number of carbonyl (C=O) groups is 1. The number of carbonyl (C=O) groups excluding carboxylic acids is 1. The van der Waals surface area contributed by atoms with Gasteiger partial charge in [-0.05, 0) is 29.4 Å². The fourth-order valence-electron chi connectivity index (χ4n) is 2.40. The summed E-state index contributed by atoms with van der Waals surface area (Å²) in [7, 11) is 1.65. The van der Waals surface area contributed by atoms with Crippen molar-refractivity contribution in [2.24, 2.45) is 5.92 Å². The van der Waals surface area contributed by atoms with Crippen molar-refractivity contribution >= 4 is 17.8 Å². The summed E-state index contributed by atoms with van der Waals surface area (Å²) in [6, 6.07) is 7.82. The number of amides is 2. The molecule has 0 bridgehead atoms. The molecule has 128 valence electrons. The number of hydrogen-bond acceptors (Lipinski definition) is 4. The molecule has 1 heterocycles. The average molecular weight is 338 g/mol. The first kappa shape index (κ1) is 17.9. The largest absolute Gasteiger partial charge is 0.491 e. The number of urea groups is 1. The molecule has 23 heavy (non-hydrogen) atoms. The van der Waals surface area contributed by atoms with Gasteiger partial charge in [-0.3, -0.25) is 0 Å². The van der Waals surface area contributed by atoms with Crippen LogP contribution in [0.2, 0.25) is 0 Å². The number of hydrogen-bond donors (Lipinski definition) is 1. The van der Waals surface area contributed by atoms with Crippen LogP contribution in [-0.4, -0.2) is 55.8 Å². The van der Waals surface area contributed by atoms with Crippen LogP contribution in [0.3, 0.4) is 0 Å². The Hall–Kier alpha value is -1.40. The van der Waals surface area contributed by atoms with E-state index >= 15 is 0 Å². The molecule has 1 fully saturated rings. The molecular weight excluding hydrogens is 312 g/mol. The second-order valence-corrected chi connectivity index (χ2v) is 6.92. The van der Waals surface area contributed by atoms with Crippen LogP contribution in [0.4, 0.5) is 4.79 Å². The highest BCUT2D eigenvalue weighted by Crippen LogP contribution is 2.16. The van der Waals surface area contributed by atoms with Crippen LogP contribution in [0.15, 0.2) is 24.3 Å². The van der Waals surface area contributed by atoms with Crippen molar-refractivity contribution in [3.05, 3.63) is 29.8 Å². The summed E-state index contributed by atoms with van der Waals surface area (Å²) in [5.74, 6) is 3.52. The van der Waals surface area contributed by atoms with Crippen molar-refractivity contribution in [3.63, 3.8) is 0 Å². The Bertz CT molecular complexity index is 481. The number of ether oxygens (including phenoxy) is 2. The second kappa shape index (κ2) is 9.67. The fraction of sp³-hybridized carbons (Fsp3) is 0.588. The zero-order valence-electron chi connectivity index (χ0n) is 13.9. The topological polar surface area (TPSA) is 50.8 Å². The van der Waals surface area contributed by atoms with E-state index in [0.717, 1.165) is 35.9 Å². The Morgan fingerprint density at radius 1 is 1.35 bits per heavy atom. The third kappa shape index (κ3) is 6.31. The summed E-state index contributed by atoms with van der Waals surface area (Å²) in [5.41, 5.74) is 1.06. The normalized spacial score (nSPS) is 18.3. The van der Waals surface area contributed by atoms with Crippen molar-refractivity contribution < 1.29 is 14.3 Å². The lowest BCUT2D eigenvalue weighted by Crippen LogP contribution is -2.42. The fourth-order valence-corrected chi connectivity index (χ4v) is 3.42. The van der Waals surface area contributed by atoms with Crippen LogP contribution in [0, 0.1) is 5.92 Å². The van der Waals surface area contributed by atoms with Crippen LogP contribution in [0.5, 0.6) is 5.75 Å². The van der Waals surface area contributed by atoms with Crippen LogP contribution in [0.25, 0.3) is 0 Å². The molecule has 1 saturated heterocycles. The molecule has 0 radical (unpaired) electrons. The van der Waals surface area contributed by atoms with Gasteiger partial charge in [-0.1, -0.05) is 19.1 Å². The second-order valence-electron chi connectivity index (χ2n) is 5.77. The Balaban J connectivity index is 1.77. The van der Waals surface area contributed by atoms with Crippen molar-refractivity contribution in [1.82, 2.24) is 10.2 Å². The Kier molecular flexibility index (Phi) is 7.55. The Labute approximate surface area is 142 Å². The molecule has 2 rings (SSSR count). The lowest BCUT2D eigenvalue weighted by atomic mass is 10.2. The highest BCUT2D eigenvalue weighted by molar-refractivity contribution is 7.99. The molecule has 6 heteroatoms. The monoisotopic (exact) mass is 338 g/mol. The van der Waals surface area contributed by atoms with Gasteiger partial charge in [0.2, 0.25) is 0 Å². The first-order valence-corrected chi connectivity index (χ1v) is 9.15. The molecule has 1 aliphatic rings. The van der Waals surface area contributed by atoms with E-state index in [2.05, 4.69) is 12.2 Å². The van der Waals surface area contributed by atoms with Crippen molar-refractivity contribution in [1.29, 1.82) is 0 Å². The van der Waals surface area contributed by atoms with Gasteiger partial charge in [0.05, 0.1) is 6.61 Å². The predicted molar refractivity (Wildman–Crippen MR) is 94.1 cm³/mol. The van der Waals surface area contributed by atoms with E-state index in [1.807, 2.05) is 40.9 Å². The zero-order valence-corrected chi connectivity index (χ0v) is 14.7. The van der Waals surface area contributed by atoms with Gasteiger partial charge in [0.15, 0.2) is 0 Å². The van der Waals surface area contributed by atoms with Crippen LogP contribution < -0.4 is 10.1 Å². The van der Waals surface area contributed by atoms with E-state index in [9.17, 15) is 4.79 Å². The van der Waals surface area contributed by atoms with E-state index in [0.29, 0.717) is 25.7 Å². The molecule has 5 nitrogen and oxygen atoms in total. The summed E-state index contributed by atoms with van der Waals surface area (Å²) in [4.78, 5) is 14.2. The molecule has 0 saturated carbocycles. The maximum absolute atomic E-state index is 12.3. The van der Waals surface area contributed by atoms with Gasteiger partial charge < -0.3 is 19.7 Å². The molecule has 1 N–H and O–H groups in total. The highest BCUT2D eigenvalue weighted by atomic mass is 32.2. The van der Waals surface area contributed by atoms with Gasteiger partial charge in [0.25, 0.3) is 0 Å². The number of thioether (sulfide) groups is 1. The van der Waals surface area contributed by atoms with Gasteiger partial charge in [0, 0.05) is 32.5 Å². The van der Waals surface area contributed by atoms with E-state index in [1.54, 1.807) is 7.11 Å². The Morgan fingerprint density at radius 3 is 2.87 bits per heavy atom. The van der Waals surface area contributed by atoms with Gasteiger partial charge >= 0.3 is 6.03 Å². The van der Waals surface area contributed by atoms with Gasteiger partial charge in [-0.25, -0.2) is 4.79 Å². The maximum atomic E-state index is 12.3. The molecule has 1 atom stereocenters. The first-order chi connectivity index (χ1) is 11.2. The minimum absolute atomic E-state index is 0.0276. The predicted octanol–water partition coefficient (Wildman–Crippen LogP) is 2.61. The summed E-state index contributed by atoms with van der Waals surface area (Å²) < 4.78 is 10.5. The number of methoxy groups -OCH3 is 1. The lowest BCUT2D eigenvalue weighted by molar-refractivity contribution is 0.146. The molecule has 1 aromatic carbocycles. The molecule has 0 aromatic heterocycles. The van der Waals surface area contributed by atoms with Crippen molar-refractivity contribution in [3.8, 4) is 5.75 Å². The van der Waals surface area contributed by atoms with E-state index in [1.165, 1.54) is 0 Å². The van der Waals surface area contributed by atoms with E-state index in [-0.39, 0.29) is 6.03 Å². The van der Waals surface area contributed by atoms with Gasteiger partial charge in [-0.15, -0.1) is 0 Å². The number of nitrogens with zero attached hydrogens (tertiary/aromatic N) is 1. The van der Waals surface area contributed by atoms with E-state index < -0.39 is 0 Å². The summed E-state index contributed by atoms with van der Waals surface area (Å²) in [6.07, 6.45) is 0. The Morgan fingerprint density at radius 2 is 2.13 bits per heavy atom. The highest BCUT2D eigenvalue weighted by Gasteiger charge is 2.19. The standard InChI is InChI=1S/C17H26N2O3S/c1-14-12-19(7-10-23-13-14)17(20)18-11-15-3-5-16(6-4-15)22-9-8-21-2/h3-6,14H,7-13H2,1-2H3,(H,18,20)/t14-/m0/s1. The average Bonchev–Trinajstić information content (AvgIpc) is 2.78. The molecular formula is C17H26N2O3S. The third-order valence-corrected chi connectivity index (χ3v) is 4.93. The quantitative estimate of drug-likeness (QED) is 0.810. The minimum atomic E-state index is 0.0276. The number of rotatable bonds is 6.